The van der Waals surface area contributed by atoms with Gasteiger partial charge in [0.05, 0.1) is 40.2 Å². The Morgan fingerprint density at radius 1 is 0.944 bits per heavy atom. The fraction of sp³-hybridized carbons (Fsp3) is 0.296. The van der Waals surface area contributed by atoms with Crippen molar-refractivity contribution in [2.24, 2.45) is 0 Å². The summed E-state index contributed by atoms with van der Waals surface area (Å²) < 4.78 is 24.6. The van der Waals surface area contributed by atoms with Crippen molar-refractivity contribution in [2.45, 2.75) is 49.0 Å². The highest BCUT2D eigenvalue weighted by Crippen LogP contribution is 2.43. The number of rotatable bonds is 7. The number of nitrogens with one attached hydrogen (secondary N) is 1. The van der Waals surface area contributed by atoms with E-state index in [1.807, 2.05) is 24.4 Å². The zero-order chi connectivity index (χ0) is 24.9. The van der Waals surface area contributed by atoms with Gasteiger partial charge < -0.3 is 5.32 Å². The first-order valence-electron chi connectivity index (χ1n) is 12.1. The Hall–Kier alpha value is -3.72. The van der Waals surface area contributed by atoms with E-state index < -0.39 is 9.84 Å². The zero-order valence-electron chi connectivity index (χ0n) is 19.8. The van der Waals surface area contributed by atoms with Crippen LogP contribution in [0.2, 0.25) is 0 Å². The number of carbonyl (C=O) groups is 1. The molecule has 6 rings (SSSR count). The number of carbonyl (C=O) groups excluding carboxylic acids is 1. The first-order valence-corrected chi connectivity index (χ1v) is 13.9. The molecule has 2 fully saturated rings. The third-order valence-electron chi connectivity index (χ3n) is 6.66. The maximum atomic E-state index is 12.8. The summed E-state index contributed by atoms with van der Waals surface area (Å²) in [5.74, 6) is 0.432. The molecule has 1 N–H and O–H groups in total. The molecule has 182 valence electrons. The molecule has 0 saturated heterocycles. The van der Waals surface area contributed by atoms with Gasteiger partial charge in [-0.25, -0.2) is 18.4 Å². The molecule has 0 unspecified atom stereocenters. The normalized spacial score (nSPS) is 15.7. The summed E-state index contributed by atoms with van der Waals surface area (Å²) in [5.41, 5.74) is 5.01. The lowest BCUT2D eigenvalue weighted by molar-refractivity contribution is 0.0950. The van der Waals surface area contributed by atoms with Crippen LogP contribution in [0.3, 0.4) is 0 Å². The highest BCUT2D eigenvalue weighted by Gasteiger charge is 2.29. The molecule has 2 aliphatic rings. The molecular weight excluding hydrogens is 474 g/mol. The molecule has 2 saturated carbocycles. The minimum atomic E-state index is -3.43. The standard InChI is InChI=1S/C27H25N5O3S/c1-36(34,35)26-10-18(6-8-21(26)16-2-3-16)27(33)30-13-20-11-23-19(12-29-20)7-9-22(31-23)25-15-28-14-24(32-25)17-4-5-17/h6-12,14-17H,2-5,13H2,1H3,(H,30,33). The van der Waals surface area contributed by atoms with Gasteiger partial charge in [-0.05, 0) is 67.5 Å². The van der Waals surface area contributed by atoms with Gasteiger partial charge in [-0.2, -0.15) is 0 Å². The number of benzene rings is 1. The van der Waals surface area contributed by atoms with E-state index in [9.17, 15) is 13.2 Å². The summed E-state index contributed by atoms with van der Waals surface area (Å²) in [6, 6.07) is 10.6. The minimum absolute atomic E-state index is 0.191. The molecule has 3 aromatic heterocycles. The second-order valence-electron chi connectivity index (χ2n) is 9.65. The Morgan fingerprint density at radius 2 is 1.75 bits per heavy atom. The average molecular weight is 500 g/mol. The predicted molar refractivity (Wildman–Crippen MR) is 135 cm³/mol. The quantitative estimate of drug-likeness (QED) is 0.406. The number of sulfone groups is 1. The van der Waals surface area contributed by atoms with Crippen molar-refractivity contribution in [1.82, 2.24) is 25.3 Å². The van der Waals surface area contributed by atoms with Gasteiger partial charge in [0.15, 0.2) is 9.84 Å². The van der Waals surface area contributed by atoms with Gasteiger partial charge in [0.1, 0.15) is 5.69 Å². The molecule has 9 heteroatoms. The highest BCUT2D eigenvalue weighted by molar-refractivity contribution is 7.90. The third kappa shape index (κ3) is 4.70. The number of pyridine rings is 2. The number of aromatic nitrogens is 4. The second-order valence-corrected chi connectivity index (χ2v) is 11.6. The smallest absolute Gasteiger partial charge is 0.251 e. The van der Waals surface area contributed by atoms with Crippen molar-refractivity contribution in [3.05, 3.63) is 77.5 Å². The van der Waals surface area contributed by atoms with Crippen LogP contribution in [0.1, 0.15) is 64.8 Å². The third-order valence-corrected chi connectivity index (χ3v) is 7.82. The van der Waals surface area contributed by atoms with Gasteiger partial charge in [-0.3, -0.25) is 14.8 Å². The fourth-order valence-corrected chi connectivity index (χ4v) is 5.38. The van der Waals surface area contributed by atoms with Gasteiger partial charge in [0.25, 0.3) is 5.91 Å². The van der Waals surface area contributed by atoms with Crippen LogP contribution in [0.25, 0.3) is 22.3 Å². The molecule has 1 aromatic carbocycles. The van der Waals surface area contributed by atoms with Crippen LogP contribution in [0.4, 0.5) is 0 Å². The molecule has 0 aliphatic heterocycles. The number of hydrogen-bond acceptors (Lipinski definition) is 7. The Bertz CT molecular complexity index is 1610. The Labute approximate surface area is 209 Å². The molecule has 1 amide bonds. The Morgan fingerprint density at radius 3 is 2.50 bits per heavy atom. The van der Waals surface area contributed by atoms with Gasteiger partial charge in [0, 0.05) is 35.5 Å². The van der Waals surface area contributed by atoms with E-state index in [1.165, 1.54) is 12.3 Å². The molecule has 4 aromatic rings. The van der Waals surface area contributed by atoms with Crippen molar-refractivity contribution in [3.8, 4) is 11.4 Å². The summed E-state index contributed by atoms with van der Waals surface area (Å²) in [6.07, 6.45) is 10.7. The number of fused-ring (bicyclic) bond motifs is 1. The van der Waals surface area contributed by atoms with Crippen molar-refractivity contribution >= 4 is 26.6 Å². The molecule has 0 spiro atoms. The number of hydrogen-bond donors (Lipinski definition) is 1. The van der Waals surface area contributed by atoms with Gasteiger partial charge in [0.2, 0.25) is 0 Å². The van der Waals surface area contributed by atoms with Crippen LogP contribution in [0.15, 0.2) is 59.9 Å². The van der Waals surface area contributed by atoms with E-state index in [2.05, 4.69) is 15.3 Å². The first kappa shape index (κ1) is 22.7. The molecule has 36 heavy (non-hydrogen) atoms. The number of nitrogens with zero attached hydrogens (tertiary/aromatic N) is 4. The maximum absolute atomic E-state index is 12.8. The van der Waals surface area contributed by atoms with Crippen molar-refractivity contribution in [3.63, 3.8) is 0 Å². The van der Waals surface area contributed by atoms with Gasteiger partial charge in [-0.1, -0.05) is 6.07 Å². The zero-order valence-corrected chi connectivity index (χ0v) is 20.6. The molecule has 0 atom stereocenters. The monoisotopic (exact) mass is 499 g/mol. The van der Waals surface area contributed by atoms with Crippen LogP contribution in [-0.4, -0.2) is 40.5 Å². The predicted octanol–water partition coefficient (Wildman–Crippen LogP) is 4.18. The summed E-state index contributed by atoms with van der Waals surface area (Å²) in [6.45, 7) is 0.191. The van der Waals surface area contributed by atoms with Crippen molar-refractivity contribution in [2.75, 3.05) is 6.26 Å². The lowest BCUT2D eigenvalue weighted by atomic mass is 10.1. The van der Waals surface area contributed by atoms with Crippen LogP contribution < -0.4 is 5.32 Å². The lowest BCUT2D eigenvalue weighted by Crippen LogP contribution is -2.23. The van der Waals surface area contributed by atoms with Crippen LogP contribution in [0, 0.1) is 0 Å². The first-order chi connectivity index (χ1) is 17.3. The highest BCUT2D eigenvalue weighted by atomic mass is 32.2. The van der Waals surface area contributed by atoms with Gasteiger partial charge in [-0.15, -0.1) is 0 Å². The Kier molecular flexibility index (Phi) is 5.52. The number of amides is 1. The maximum Gasteiger partial charge on any atom is 0.251 e. The van der Waals surface area contributed by atoms with Crippen LogP contribution >= 0.6 is 0 Å². The Balaban J connectivity index is 1.21. The average Bonchev–Trinajstić information content (AvgIpc) is 3.79. The summed E-state index contributed by atoms with van der Waals surface area (Å²) in [5, 5.41) is 3.73. The van der Waals surface area contributed by atoms with E-state index in [-0.39, 0.29) is 23.3 Å². The van der Waals surface area contributed by atoms with Crippen LogP contribution in [0.5, 0.6) is 0 Å². The second kappa shape index (κ2) is 8.74. The topological polar surface area (TPSA) is 115 Å². The van der Waals surface area contributed by atoms with Gasteiger partial charge >= 0.3 is 0 Å². The van der Waals surface area contributed by atoms with Crippen LogP contribution in [-0.2, 0) is 16.4 Å². The molecule has 2 aliphatic carbocycles. The van der Waals surface area contributed by atoms with Crippen molar-refractivity contribution < 1.29 is 13.2 Å². The van der Waals surface area contributed by atoms with E-state index in [1.54, 1.807) is 24.5 Å². The fourth-order valence-electron chi connectivity index (χ4n) is 4.38. The molecule has 0 radical (unpaired) electrons. The van der Waals surface area contributed by atoms with E-state index >= 15 is 0 Å². The van der Waals surface area contributed by atoms with Crippen molar-refractivity contribution in [1.29, 1.82) is 0 Å². The van der Waals surface area contributed by atoms with E-state index in [0.29, 0.717) is 17.2 Å². The molecule has 0 bridgehead atoms. The van der Waals surface area contributed by atoms with E-state index in [4.69, 9.17) is 9.97 Å². The SMILES string of the molecule is CS(=O)(=O)c1cc(C(=O)NCc2cc3nc(-c4cncc(C5CC5)n4)ccc3cn2)ccc1C1CC1. The summed E-state index contributed by atoms with van der Waals surface area (Å²) in [7, 11) is -3.43. The largest absolute Gasteiger partial charge is 0.346 e. The molecule has 8 nitrogen and oxygen atoms in total. The lowest BCUT2D eigenvalue weighted by Gasteiger charge is -2.11. The van der Waals surface area contributed by atoms with E-state index in [0.717, 1.165) is 59.2 Å². The molecule has 3 heterocycles. The summed E-state index contributed by atoms with van der Waals surface area (Å²) in [4.78, 5) is 31.3. The summed E-state index contributed by atoms with van der Waals surface area (Å²) >= 11 is 0. The minimum Gasteiger partial charge on any atom is -0.346 e. The molecular formula is C27H25N5O3S.